The molecule has 4 aromatic rings. The molecule has 2 aromatic carbocycles. The van der Waals surface area contributed by atoms with Crippen molar-refractivity contribution >= 4 is 23.4 Å². The predicted octanol–water partition coefficient (Wildman–Crippen LogP) is 3.78. The van der Waals surface area contributed by atoms with Crippen molar-refractivity contribution in [2.75, 3.05) is 38.0 Å². The topological polar surface area (TPSA) is 171 Å². The Kier molecular flexibility index (Phi) is 9.20. The molecule has 0 atom stereocenters. The summed E-state index contributed by atoms with van der Waals surface area (Å²) >= 11 is 0. The number of nitrogens with zero attached hydrogens (tertiary/aromatic N) is 6. The second-order valence-electron chi connectivity index (χ2n) is 12.7. The SMILES string of the molecule is CC/C(NCC(=O)Nc1ccc(C(F)(F)F)c2c1CC2)=C(/C(=O)n1nc(-c2cccc3c2COC3)[nH]1)N1CCN(C(=O)c2ncnc(C)c2O)CC1. The van der Waals surface area contributed by atoms with Gasteiger partial charge < -0.3 is 30.3 Å². The Morgan fingerprint density at radius 1 is 0.981 bits per heavy atom. The smallest absolute Gasteiger partial charge is 0.416 e. The lowest BCUT2D eigenvalue weighted by Crippen LogP contribution is -2.51. The molecule has 2 aliphatic heterocycles. The van der Waals surface area contributed by atoms with Crippen LogP contribution in [-0.4, -0.2) is 90.3 Å². The first-order valence-electron chi connectivity index (χ1n) is 16.9. The maximum Gasteiger partial charge on any atom is 0.416 e. The van der Waals surface area contributed by atoms with Gasteiger partial charge in [0, 0.05) is 43.1 Å². The molecular weight excluding hydrogens is 683 g/mol. The van der Waals surface area contributed by atoms with Crippen LogP contribution in [0.4, 0.5) is 18.9 Å². The van der Waals surface area contributed by atoms with Crippen LogP contribution in [-0.2, 0) is 41.8 Å². The van der Waals surface area contributed by atoms with E-state index < -0.39 is 29.5 Å². The summed E-state index contributed by atoms with van der Waals surface area (Å²) in [6.45, 7) is 4.93. The predicted molar refractivity (Wildman–Crippen MR) is 180 cm³/mol. The zero-order valence-electron chi connectivity index (χ0n) is 28.4. The first-order chi connectivity index (χ1) is 24.9. The highest BCUT2D eigenvalue weighted by atomic mass is 19.4. The maximum atomic E-state index is 14.2. The summed E-state index contributed by atoms with van der Waals surface area (Å²) in [5, 5.41) is 23.7. The highest BCUT2D eigenvalue weighted by Crippen LogP contribution is 2.41. The van der Waals surface area contributed by atoms with Crippen LogP contribution in [0.15, 0.2) is 48.1 Å². The lowest BCUT2D eigenvalue weighted by atomic mass is 9.83. The first kappa shape index (κ1) is 34.7. The van der Waals surface area contributed by atoms with E-state index in [2.05, 4.69) is 30.8 Å². The third-order valence-electron chi connectivity index (χ3n) is 9.67. The van der Waals surface area contributed by atoms with Gasteiger partial charge >= 0.3 is 12.1 Å². The molecule has 2 aromatic heterocycles. The number of nitrogens with one attached hydrogen (secondary N) is 3. The van der Waals surface area contributed by atoms with Crippen molar-refractivity contribution in [1.29, 1.82) is 0 Å². The van der Waals surface area contributed by atoms with E-state index in [4.69, 9.17) is 4.74 Å². The van der Waals surface area contributed by atoms with Gasteiger partial charge in [0.25, 0.3) is 5.91 Å². The summed E-state index contributed by atoms with van der Waals surface area (Å²) in [5.41, 5.74) is 4.00. The van der Waals surface area contributed by atoms with Crippen LogP contribution < -0.4 is 10.6 Å². The Morgan fingerprint density at radius 2 is 1.71 bits per heavy atom. The molecule has 4 heterocycles. The van der Waals surface area contributed by atoms with Crippen molar-refractivity contribution in [2.24, 2.45) is 0 Å². The highest BCUT2D eigenvalue weighted by Gasteiger charge is 2.37. The zero-order chi connectivity index (χ0) is 36.7. The highest BCUT2D eigenvalue weighted by molar-refractivity contribution is 5.97. The molecule has 7 rings (SSSR count). The fourth-order valence-electron chi connectivity index (χ4n) is 6.78. The van der Waals surface area contributed by atoms with Gasteiger partial charge in [-0.05, 0) is 60.6 Å². The summed E-state index contributed by atoms with van der Waals surface area (Å²) in [5.74, 6) is -1.25. The van der Waals surface area contributed by atoms with E-state index in [-0.39, 0.29) is 67.5 Å². The van der Waals surface area contributed by atoms with E-state index >= 15 is 0 Å². The van der Waals surface area contributed by atoms with Gasteiger partial charge in [-0.25, -0.2) is 9.97 Å². The quantitative estimate of drug-likeness (QED) is 0.187. The number of hydrogen-bond acceptors (Lipinski definition) is 10. The summed E-state index contributed by atoms with van der Waals surface area (Å²) in [6.07, 6.45) is -2.24. The molecule has 0 unspecified atom stereocenters. The molecule has 1 fully saturated rings. The summed E-state index contributed by atoms with van der Waals surface area (Å²) < 4.78 is 45.9. The van der Waals surface area contributed by atoms with E-state index in [1.165, 1.54) is 17.3 Å². The third kappa shape index (κ3) is 6.47. The number of H-pyrrole nitrogens is 1. The van der Waals surface area contributed by atoms with Crippen molar-refractivity contribution in [3.8, 4) is 17.1 Å². The van der Waals surface area contributed by atoms with Crippen LogP contribution in [0.2, 0.25) is 0 Å². The van der Waals surface area contributed by atoms with Crippen molar-refractivity contribution in [1.82, 2.24) is 40.1 Å². The zero-order valence-corrected chi connectivity index (χ0v) is 28.4. The number of hydrogen-bond donors (Lipinski definition) is 4. The van der Waals surface area contributed by atoms with E-state index in [9.17, 15) is 32.7 Å². The van der Waals surface area contributed by atoms with Gasteiger partial charge in [-0.3, -0.25) is 19.5 Å². The summed E-state index contributed by atoms with van der Waals surface area (Å²) in [4.78, 5) is 52.9. The lowest BCUT2D eigenvalue weighted by Gasteiger charge is -2.37. The normalized spacial score (nSPS) is 15.8. The van der Waals surface area contributed by atoms with Crippen LogP contribution >= 0.6 is 0 Å². The van der Waals surface area contributed by atoms with E-state index in [1.807, 2.05) is 30.0 Å². The number of aromatic nitrogens is 5. The van der Waals surface area contributed by atoms with Crippen LogP contribution in [0.1, 0.15) is 62.1 Å². The number of rotatable bonds is 9. The number of amides is 2. The lowest BCUT2D eigenvalue weighted by molar-refractivity contribution is -0.138. The molecule has 0 spiro atoms. The van der Waals surface area contributed by atoms with Gasteiger partial charge in [0.05, 0.1) is 31.0 Å². The maximum absolute atomic E-state index is 14.2. The number of fused-ring (bicyclic) bond motifs is 2. The molecule has 4 N–H and O–H groups in total. The molecule has 14 nitrogen and oxygen atoms in total. The molecule has 272 valence electrons. The second-order valence-corrected chi connectivity index (χ2v) is 12.7. The van der Waals surface area contributed by atoms with Crippen LogP contribution in [0.5, 0.6) is 5.75 Å². The standard InChI is InChI=1S/C35H36F3N9O5/c1-3-26(39-15-28(48)42-27-10-9-25(35(36,37)38)21-7-8-22(21)27)30(34(51)47-43-32(44-47)23-6-4-5-20-16-52-17-24(20)23)45-11-13-46(14-12-45)33(50)29-31(49)19(2)40-18-41-29/h4-6,9-10,18,39,49H,3,7-8,11-17H2,1-2H3,(H,42,48)(H,43,44)/b30-26+. The van der Waals surface area contributed by atoms with Crippen LogP contribution in [0.3, 0.4) is 0 Å². The molecule has 0 bridgehead atoms. The number of alkyl halides is 3. The molecule has 0 saturated carbocycles. The number of aryl methyl sites for hydroxylation is 1. The fraction of sp³-hybridized carbons (Fsp3) is 0.371. The number of aromatic amines is 1. The number of allylic oxidation sites excluding steroid dienone is 2. The second kappa shape index (κ2) is 13.8. The number of halogens is 3. The number of aromatic hydroxyl groups is 1. The van der Waals surface area contributed by atoms with Crippen molar-refractivity contribution < 1.29 is 37.4 Å². The number of piperazine rings is 1. The number of carbonyl (C=O) groups is 3. The van der Waals surface area contributed by atoms with E-state index in [0.29, 0.717) is 48.8 Å². The number of benzene rings is 2. The monoisotopic (exact) mass is 719 g/mol. The minimum atomic E-state index is -4.47. The Balaban J connectivity index is 1.11. The summed E-state index contributed by atoms with van der Waals surface area (Å²) in [6, 6.07) is 8.02. The van der Waals surface area contributed by atoms with Crippen molar-refractivity contribution in [3.05, 3.63) is 87.3 Å². The Hall–Kier alpha value is -5.71. The Morgan fingerprint density at radius 3 is 2.40 bits per heavy atom. The van der Waals surface area contributed by atoms with Crippen LogP contribution in [0.25, 0.3) is 11.4 Å². The summed E-state index contributed by atoms with van der Waals surface area (Å²) in [7, 11) is 0. The Labute approximate surface area is 295 Å². The van der Waals surface area contributed by atoms with E-state index in [0.717, 1.165) is 27.6 Å². The average Bonchev–Trinajstić information content (AvgIpc) is 3.57. The van der Waals surface area contributed by atoms with Gasteiger partial charge in [0.15, 0.2) is 17.3 Å². The minimum Gasteiger partial charge on any atom is -0.504 e. The number of ether oxygens (including phenoxy) is 1. The molecule has 0 radical (unpaired) electrons. The van der Waals surface area contributed by atoms with Gasteiger partial charge in [-0.1, -0.05) is 25.1 Å². The van der Waals surface area contributed by atoms with Gasteiger partial charge in [-0.15, -0.1) is 9.90 Å². The molecule has 52 heavy (non-hydrogen) atoms. The average molecular weight is 720 g/mol. The van der Waals surface area contributed by atoms with Gasteiger partial charge in [0.1, 0.15) is 12.0 Å². The molecule has 3 aliphatic rings. The first-order valence-corrected chi connectivity index (χ1v) is 16.9. The largest absolute Gasteiger partial charge is 0.504 e. The van der Waals surface area contributed by atoms with E-state index in [1.54, 1.807) is 6.92 Å². The molecule has 17 heteroatoms. The fourth-order valence-corrected chi connectivity index (χ4v) is 6.78. The Bertz CT molecular complexity index is 2080. The number of anilines is 1. The molecule has 1 saturated heterocycles. The van der Waals surface area contributed by atoms with Gasteiger partial charge in [0.2, 0.25) is 5.91 Å². The van der Waals surface area contributed by atoms with Crippen molar-refractivity contribution in [2.45, 2.75) is 52.5 Å². The molecule has 2 amide bonds. The minimum absolute atomic E-state index is 0.109. The van der Waals surface area contributed by atoms with Gasteiger partial charge in [-0.2, -0.15) is 13.2 Å². The molecular formula is C35H36F3N9O5. The third-order valence-corrected chi connectivity index (χ3v) is 9.67. The van der Waals surface area contributed by atoms with Crippen molar-refractivity contribution in [3.63, 3.8) is 0 Å². The molecule has 1 aliphatic carbocycles. The van der Waals surface area contributed by atoms with Crippen LogP contribution in [0, 0.1) is 6.92 Å². The number of carbonyl (C=O) groups excluding carboxylic acids is 3.